The van der Waals surface area contributed by atoms with Gasteiger partial charge in [-0.25, -0.2) is 4.99 Å². The standard InChI is InChI=1S/C19H35N3/c1-4-6-7-8-12(3)16-13(5-2)11-14-9-10-15-17(14)18(16)22-19(20)21-15/h12-18H,4-11H2,1-3H3,(H3,20,21,22)/t12?,13-,14?,15?,16-,17?,18?/m1/s1. The second-order valence-electron chi connectivity index (χ2n) is 8.12. The van der Waals surface area contributed by atoms with Crippen molar-refractivity contribution in [3.05, 3.63) is 0 Å². The summed E-state index contributed by atoms with van der Waals surface area (Å²) in [6, 6.07) is 1.10. The summed E-state index contributed by atoms with van der Waals surface area (Å²) in [5, 5.41) is 3.48. The lowest BCUT2D eigenvalue weighted by Gasteiger charge is -2.49. The quantitative estimate of drug-likeness (QED) is 0.731. The van der Waals surface area contributed by atoms with Crippen molar-refractivity contribution >= 4 is 5.96 Å². The molecule has 126 valence electrons. The van der Waals surface area contributed by atoms with Gasteiger partial charge in [-0.15, -0.1) is 0 Å². The number of unbranched alkanes of at least 4 members (excludes halogenated alkanes) is 2. The predicted octanol–water partition coefficient (Wildman–Crippen LogP) is 3.93. The highest BCUT2D eigenvalue weighted by Gasteiger charge is 2.52. The number of aliphatic imine (C=N–C) groups is 1. The van der Waals surface area contributed by atoms with E-state index in [-0.39, 0.29) is 0 Å². The second-order valence-corrected chi connectivity index (χ2v) is 8.12. The van der Waals surface area contributed by atoms with Crippen LogP contribution in [-0.4, -0.2) is 18.0 Å². The molecule has 3 aliphatic rings. The monoisotopic (exact) mass is 305 g/mol. The molecule has 1 heterocycles. The van der Waals surface area contributed by atoms with Gasteiger partial charge in [0, 0.05) is 12.0 Å². The molecule has 3 rings (SSSR count). The van der Waals surface area contributed by atoms with Crippen LogP contribution in [0.3, 0.4) is 0 Å². The first kappa shape index (κ1) is 16.1. The normalized spacial score (nSPS) is 41.5. The number of nitrogens with two attached hydrogens (primary N) is 1. The first-order chi connectivity index (χ1) is 10.7. The maximum Gasteiger partial charge on any atom is 0.189 e. The van der Waals surface area contributed by atoms with Gasteiger partial charge in [0.1, 0.15) is 0 Å². The Kier molecular flexibility index (Phi) is 4.99. The van der Waals surface area contributed by atoms with Gasteiger partial charge in [-0.3, -0.25) is 0 Å². The van der Waals surface area contributed by atoms with E-state index in [1.54, 1.807) is 0 Å². The molecule has 0 bridgehead atoms. The molecule has 2 saturated carbocycles. The van der Waals surface area contributed by atoms with Gasteiger partial charge in [-0.2, -0.15) is 0 Å². The van der Waals surface area contributed by atoms with Gasteiger partial charge >= 0.3 is 0 Å². The summed E-state index contributed by atoms with van der Waals surface area (Å²) in [6.45, 7) is 7.17. The fourth-order valence-corrected chi connectivity index (χ4v) is 5.86. The third-order valence-corrected chi connectivity index (χ3v) is 6.86. The van der Waals surface area contributed by atoms with Crippen LogP contribution < -0.4 is 11.1 Å². The molecule has 3 nitrogen and oxygen atoms in total. The molecule has 5 unspecified atom stereocenters. The van der Waals surface area contributed by atoms with E-state index in [4.69, 9.17) is 10.7 Å². The summed E-state index contributed by atoms with van der Waals surface area (Å²) >= 11 is 0. The molecule has 7 atom stereocenters. The van der Waals surface area contributed by atoms with Gasteiger partial charge in [-0.05, 0) is 42.9 Å². The molecular formula is C19H35N3. The van der Waals surface area contributed by atoms with Crippen LogP contribution >= 0.6 is 0 Å². The van der Waals surface area contributed by atoms with E-state index in [0.717, 1.165) is 35.5 Å². The number of hydrogen-bond donors (Lipinski definition) is 2. The van der Waals surface area contributed by atoms with Gasteiger partial charge in [0.05, 0.1) is 6.04 Å². The fourth-order valence-electron chi connectivity index (χ4n) is 5.86. The van der Waals surface area contributed by atoms with Gasteiger partial charge < -0.3 is 11.1 Å². The number of guanidine groups is 1. The molecule has 0 aromatic heterocycles. The molecule has 2 aliphatic carbocycles. The minimum atomic E-state index is 0.495. The van der Waals surface area contributed by atoms with Crippen LogP contribution in [0.15, 0.2) is 4.99 Å². The van der Waals surface area contributed by atoms with E-state index in [1.807, 2.05) is 0 Å². The van der Waals surface area contributed by atoms with E-state index in [1.165, 1.54) is 51.4 Å². The van der Waals surface area contributed by atoms with Gasteiger partial charge in [0.15, 0.2) is 5.96 Å². The van der Waals surface area contributed by atoms with Crippen LogP contribution in [0, 0.1) is 29.6 Å². The van der Waals surface area contributed by atoms with Crippen LogP contribution in [0.4, 0.5) is 0 Å². The molecule has 22 heavy (non-hydrogen) atoms. The molecule has 0 spiro atoms. The average Bonchev–Trinajstić information content (AvgIpc) is 2.90. The first-order valence-corrected chi connectivity index (χ1v) is 9.75. The molecule has 0 aromatic carbocycles. The lowest BCUT2D eigenvalue weighted by Crippen LogP contribution is -2.57. The Balaban J connectivity index is 1.80. The zero-order valence-corrected chi connectivity index (χ0v) is 14.7. The van der Waals surface area contributed by atoms with Crippen molar-refractivity contribution in [1.82, 2.24) is 5.32 Å². The Hall–Kier alpha value is -0.730. The van der Waals surface area contributed by atoms with Crippen molar-refractivity contribution in [3.63, 3.8) is 0 Å². The van der Waals surface area contributed by atoms with Crippen molar-refractivity contribution in [3.8, 4) is 0 Å². The summed E-state index contributed by atoms with van der Waals surface area (Å²) in [5.41, 5.74) is 6.14. The van der Waals surface area contributed by atoms with Crippen molar-refractivity contribution in [2.24, 2.45) is 40.3 Å². The van der Waals surface area contributed by atoms with E-state index in [0.29, 0.717) is 12.1 Å². The molecular weight excluding hydrogens is 270 g/mol. The summed E-state index contributed by atoms with van der Waals surface area (Å²) in [7, 11) is 0. The SMILES string of the molecule is CCCCCC(C)[C@H]1C2N=C(N)NC3CCC(C[C@H]1CC)C32. The number of nitrogens with zero attached hydrogens (tertiary/aromatic N) is 1. The molecule has 3 N–H and O–H groups in total. The van der Waals surface area contributed by atoms with Crippen molar-refractivity contribution in [1.29, 1.82) is 0 Å². The van der Waals surface area contributed by atoms with Crippen molar-refractivity contribution < 1.29 is 0 Å². The van der Waals surface area contributed by atoms with E-state index >= 15 is 0 Å². The zero-order valence-electron chi connectivity index (χ0n) is 14.7. The Bertz CT molecular complexity index is 405. The number of hydrogen-bond acceptors (Lipinski definition) is 3. The zero-order chi connectivity index (χ0) is 15.7. The lowest BCUT2D eigenvalue weighted by molar-refractivity contribution is 0.0484. The Labute approximate surface area is 136 Å². The Morgan fingerprint density at radius 1 is 1.27 bits per heavy atom. The van der Waals surface area contributed by atoms with Crippen molar-refractivity contribution in [2.45, 2.75) is 84.2 Å². The van der Waals surface area contributed by atoms with E-state index in [2.05, 4.69) is 26.1 Å². The average molecular weight is 306 g/mol. The highest BCUT2D eigenvalue weighted by molar-refractivity contribution is 5.79. The molecule has 0 amide bonds. The van der Waals surface area contributed by atoms with E-state index < -0.39 is 0 Å². The lowest BCUT2D eigenvalue weighted by atomic mass is 9.60. The Morgan fingerprint density at radius 3 is 2.82 bits per heavy atom. The molecule has 0 saturated heterocycles. The molecule has 0 aromatic rings. The van der Waals surface area contributed by atoms with Crippen LogP contribution in [0.5, 0.6) is 0 Å². The number of nitrogens with one attached hydrogen (secondary N) is 1. The molecule has 2 fully saturated rings. The molecule has 0 radical (unpaired) electrons. The second kappa shape index (κ2) is 6.80. The summed E-state index contributed by atoms with van der Waals surface area (Å²) in [4.78, 5) is 4.96. The Morgan fingerprint density at radius 2 is 2.09 bits per heavy atom. The minimum Gasteiger partial charge on any atom is -0.370 e. The van der Waals surface area contributed by atoms with Crippen LogP contribution in [-0.2, 0) is 0 Å². The van der Waals surface area contributed by atoms with Crippen LogP contribution in [0.1, 0.15) is 72.1 Å². The minimum absolute atomic E-state index is 0.495. The number of rotatable bonds is 6. The fraction of sp³-hybridized carbons (Fsp3) is 0.947. The van der Waals surface area contributed by atoms with Gasteiger partial charge in [0.2, 0.25) is 0 Å². The van der Waals surface area contributed by atoms with Crippen LogP contribution in [0.25, 0.3) is 0 Å². The third-order valence-electron chi connectivity index (χ3n) is 6.86. The van der Waals surface area contributed by atoms with Gasteiger partial charge in [-0.1, -0.05) is 52.9 Å². The van der Waals surface area contributed by atoms with E-state index in [9.17, 15) is 0 Å². The van der Waals surface area contributed by atoms with Crippen LogP contribution in [0.2, 0.25) is 0 Å². The predicted molar refractivity (Wildman–Crippen MR) is 93.7 cm³/mol. The topological polar surface area (TPSA) is 50.4 Å². The molecule has 1 aliphatic heterocycles. The largest absolute Gasteiger partial charge is 0.370 e. The highest BCUT2D eigenvalue weighted by Crippen LogP contribution is 2.52. The maximum atomic E-state index is 6.14. The van der Waals surface area contributed by atoms with Gasteiger partial charge in [0.25, 0.3) is 0 Å². The van der Waals surface area contributed by atoms with Crippen molar-refractivity contribution in [2.75, 3.05) is 0 Å². The maximum absolute atomic E-state index is 6.14. The molecule has 3 heteroatoms. The highest BCUT2D eigenvalue weighted by atomic mass is 15.2. The smallest absolute Gasteiger partial charge is 0.189 e. The first-order valence-electron chi connectivity index (χ1n) is 9.75. The summed E-state index contributed by atoms with van der Waals surface area (Å²) < 4.78 is 0. The summed E-state index contributed by atoms with van der Waals surface area (Å²) in [5.74, 6) is 4.77. The summed E-state index contributed by atoms with van der Waals surface area (Å²) in [6.07, 6.45) is 10.9. The third kappa shape index (κ3) is 2.88.